The first-order valence-electron chi connectivity index (χ1n) is 14.2. The fourth-order valence-corrected chi connectivity index (χ4v) is 3.65. The highest BCUT2D eigenvalue weighted by Crippen LogP contribution is 2.23. The van der Waals surface area contributed by atoms with Crippen molar-refractivity contribution in [3.8, 4) is 0 Å². The van der Waals surface area contributed by atoms with Gasteiger partial charge in [-0.2, -0.15) is 20.5 Å². The molecule has 3 aromatic rings. The number of azo groups is 2. The minimum absolute atomic E-state index is 0.191. The second-order valence-electron chi connectivity index (χ2n) is 11.2. The number of alkyl halides is 2. The Bertz CT molecular complexity index is 1660. The summed E-state index contributed by atoms with van der Waals surface area (Å²) >= 11 is 6.60. The zero-order valence-corrected chi connectivity index (χ0v) is 29.5. The Morgan fingerprint density at radius 2 is 1.00 bits per heavy atom. The van der Waals surface area contributed by atoms with Crippen molar-refractivity contribution in [2.75, 3.05) is 27.8 Å². The number of hydrogen-bond acceptors (Lipinski definition) is 9. The lowest BCUT2D eigenvalue weighted by atomic mass is 10.2. The van der Waals surface area contributed by atoms with E-state index in [0.717, 1.165) is 0 Å². The van der Waals surface area contributed by atoms with E-state index in [4.69, 9.17) is 0 Å². The molecule has 0 radical (unpaired) electrons. The molecule has 1 atom stereocenters. The van der Waals surface area contributed by atoms with Gasteiger partial charge in [-0.05, 0) is 107 Å². The maximum atomic E-state index is 12.8. The molecular weight excluding hydrogens is 736 g/mol. The van der Waals surface area contributed by atoms with E-state index < -0.39 is 32.3 Å². The molecular formula is C32H34Br2N8O5. The normalized spacial score (nSPS) is 12.4. The third-order valence-electron chi connectivity index (χ3n) is 6.09. The summed E-state index contributed by atoms with van der Waals surface area (Å²) in [6.07, 6.45) is 0. The van der Waals surface area contributed by atoms with Gasteiger partial charge >= 0.3 is 0 Å². The van der Waals surface area contributed by atoms with Crippen molar-refractivity contribution in [1.82, 2.24) is 0 Å². The number of anilines is 4. The molecule has 0 spiro atoms. The SMILES string of the molecule is CC(=O)C(N=Nc1ccc(NC(=O)C(C)(C)Br)cc1)C(=O)Nc1ccc(NC(=O)CN=Nc2ccc(NC(=O)C(C)(C)Br)cc2)cc1. The Morgan fingerprint density at radius 3 is 1.43 bits per heavy atom. The molecule has 3 aromatic carbocycles. The highest BCUT2D eigenvalue weighted by molar-refractivity contribution is 9.10. The number of benzene rings is 3. The quantitative estimate of drug-likeness (QED) is 0.0806. The molecule has 0 fully saturated rings. The molecule has 47 heavy (non-hydrogen) atoms. The lowest BCUT2D eigenvalue weighted by Crippen LogP contribution is -2.31. The molecule has 0 aliphatic heterocycles. The van der Waals surface area contributed by atoms with Crippen molar-refractivity contribution in [2.24, 2.45) is 20.5 Å². The number of ketones is 1. The van der Waals surface area contributed by atoms with E-state index in [2.05, 4.69) is 73.6 Å². The standard InChI is InChI=1S/C32H34Br2N8O5/c1-19(43)27(42-41-25-16-12-23(13-17-25)39-30(47)32(4,5)34)28(45)37-21-8-6-20(7-9-21)36-26(44)18-35-40-24-14-10-22(11-15-24)38-29(46)31(2,3)33/h6-17,27H,18H2,1-5H3,(H,36,44)(H,37,45)(H,38,46)(H,39,47). The number of nitrogens with one attached hydrogen (secondary N) is 4. The van der Waals surface area contributed by atoms with Gasteiger partial charge in [-0.1, -0.05) is 31.9 Å². The highest BCUT2D eigenvalue weighted by Gasteiger charge is 2.25. The van der Waals surface area contributed by atoms with Gasteiger partial charge in [0, 0.05) is 22.7 Å². The monoisotopic (exact) mass is 768 g/mol. The van der Waals surface area contributed by atoms with Crippen LogP contribution >= 0.6 is 31.9 Å². The van der Waals surface area contributed by atoms with Crippen molar-refractivity contribution in [3.05, 3.63) is 72.8 Å². The van der Waals surface area contributed by atoms with Crippen molar-refractivity contribution in [3.63, 3.8) is 0 Å². The lowest BCUT2D eigenvalue weighted by molar-refractivity contribution is -0.126. The third kappa shape index (κ3) is 12.2. The second kappa shape index (κ2) is 16.3. The summed E-state index contributed by atoms with van der Waals surface area (Å²) < 4.78 is -1.44. The zero-order valence-electron chi connectivity index (χ0n) is 26.3. The second-order valence-corrected chi connectivity index (χ2v) is 15.2. The fraction of sp³-hybridized carbons (Fsp3) is 0.281. The molecule has 13 nitrogen and oxygen atoms in total. The lowest BCUT2D eigenvalue weighted by Gasteiger charge is -2.15. The van der Waals surface area contributed by atoms with Crippen LogP contribution in [0, 0.1) is 0 Å². The number of Topliss-reactive ketones (excluding diaryl/α,β-unsaturated/α-hetero) is 1. The number of hydrogen-bond donors (Lipinski definition) is 4. The Hall–Kier alpha value is -4.63. The molecule has 15 heteroatoms. The third-order valence-corrected chi connectivity index (χ3v) is 6.81. The molecule has 4 amide bonds. The van der Waals surface area contributed by atoms with E-state index in [1.165, 1.54) is 6.92 Å². The van der Waals surface area contributed by atoms with Gasteiger partial charge in [0.15, 0.2) is 5.78 Å². The smallest absolute Gasteiger partial charge is 0.258 e. The van der Waals surface area contributed by atoms with Crippen LogP contribution in [0.25, 0.3) is 0 Å². The number of halogens is 2. The maximum absolute atomic E-state index is 12.8. The first-order chi connectivity index (χ1) is 22.0. The fourth-order valence-electron chi connectivity index (χ4n) is 3.45. The Labute approximate surface area is 288 Å². The number of rotatable bonds is 13. The molecule has 0 bridgehead atoms. The van der Waals surface area contributed by atoms with Gasteiger partial charge in [0.1, 0.15) is 6.54 Å². The van der Waals surface area contributed by atoms with Crippen LogP contribution in [-0.4, -0.2) is 50.6 Å². The highest BCUT2D eigenvalue weighted by atomic mass is 79.9. The number of carbonyl (C=O) groups is 5. The van der Waals surface area contributed by atoms with Crippen LogP contribution in [0.5, 0.6) is 0 Å². The molecule has 0 saturated carbocycles. The molecule has 0 aromatic heterocycles. The summed E-state index contributed by atoms with van der Waals surface area (Å²) in [4.78, 5) is 61.5. The van der Waals surface area contributed by atoms with E-state index in [-0.39, 0.29) is 18.4 Å². The summed E-state index contributed by atoms with van der Waals surface area (Å²) in [5.41, 5.74) is 2.89. The summed E-state index contributed by atoms with van der Waals surface area (Å²) in [6, 6.07) is 18.0. The molecule has 0 aliphatic rings. The van der Waals surface area contributed by atoms with Gasteiger partial charge in [0.05, 0.1) is 20.0 Å². The largest absolute Gasteiger partial charge is 0.325 e. The van der Waals surface area contributed by atoms with Gasteiger partial charge in [-0.15, -0.1) is 0 Å². The molecule has 0 saturated heterocycles. The number of nitrogens with zero attached hydrogens (tertiary/aromatic N) is 4. The van der Waals surface area contributed by atoms with Gasteiger partial charge in [0.25, 0.3) is 5.91 Å². The Morgan fingerprint density at radius 1 is 0.617 bits per heavy atom. The van der Waals surface area contributed by atoms with Crippen LogP contribution in [-0.2, 0) is 24.0 Å². The molecule has 4 N–H and O–H groups in total. The zero-order chi connectivity index (χ0) is 34.8. The van der Waals surface area contributed by atoms with Gasteiger partial charge in [-0.25, -0.2) is 0 Å². The van der Waals surface area contributed by atoms with E-state index in [9.17, 15) is 24.0 Å². The van der Waals surface area contributed by atoms with Crippen LogP contribution in [0.1, 0.15) is 34.6 Å². The first kappa shape index (κ1) is 36.8. The minimum Gasteiger partial charge on any atom is -0.325 e. The molecule has 246 valence electrons. The minimum atomic E-state index is -1.38. The summed E-state index contributed by atoms with van der Waals surface area (Å²) in [5, 5.41) is 26.7. The van der Waals surface area contributed by atoms with Crippen molar-refractivity contribution < 1.29 is 24.0 Å². The van der Waals surface area contributed by atoms with Crippen LogP contribution < -0.4 is 21.3 Å². The molecule has 3 rings (SSSR count). The Balaban J connectivity index is 1.50. The van der Waals surface area contributed by atoms with E-state index in [1.807, 2.05) is 0 Å². The Kier molecular flexibility index (Phi) is 12.8. The van der Waals surface area contributed by atoms with Crippen molar-refractivity contribution in [1.29, 1.82) is 0 Å². The predicted molar refractivity (Wildman–Crippen MR) is 188 cm³/mol. The van der Waals surface area contributed by atoms with E-state index in [1.54, 1.807) is 100 Å². The summed E-state index contributed by atoms with van der Waals surface area (Å²) in [7, 11) is 0. The van der Waals surface area contributed by atoms with Crippen molar-refractivity contribution in [2.45, 2.75) is 49.3 Å². The van der Waals surface area contributed by atoms with Crippen LogP contribution in [0.3, 0.4) is 0 Å². The van der Waals surface area contributed by atoms with Gasteiger partial charge < -0.3 is 21.3 Å². The predicted octanol–water partition coefficient (Wildman–Crippen LogP) is 7.31. The first-order valence-corrected chi connectivity index (χ1v) is 15.8. The van der Waals surface area contributed by atoms with E-state index in [0.29, 0.717) is 34.1 Å². The van der Waals surface area contributed by atoms with Crippen molar-refractivity contribution >= 4 is 95.4 Å². The average Bonchev–Trinajstić information content (AvgIpc) is 2.99. The van der Waals surface area contributed by atoms with Crippen LogP contribution in [0.2, 0.25) is 0 Å². The number of carbonyl (C=O) groups excluding carboxylic acids is 5. The summed E-state index contributed by atoms with van der Waals surface area (Å²) in [5.74, 6) is -2.00. The molecule has 0 aliphatic carbocycles. The van der Waals surface area contributed by atoms with E-state index >= 15 is 0 Å². The van der Waals surface area contributed by atoms with Crippen LogP contribution in [0.15, 0.2) is 93.3 Å². The molecule has 0 heterocycles. The molecule has 1 unspecified atom stereocenters. The average molecular weight is 770 g/mol. The van der Waals surface area contributed by atoms with Gasteiger partial charge in [-0.3, -0.25) is 24.0 Å². The maximum Gasteiger partial charge on any atom is 0.258 e. The topological polar surface area (TPSA) is 183 Å². The number of amides is 4. The summed E-state index contributed by atoms with van der Waals surface area (Å²) in [6.45, 7) is 7.93. The van der Waals surface area contributed by atoms with Crippen LogP contribution in [0.4, 0.5) is 34.1 Å². The van der Waals surface area contributed by atoms with Gasteiger partial charge in [0.2, 0.25) is 23.8 Å².